The Hall–Kier alpha value is -7.61. The van der Waals surface area contributed by atoms with Gasteiger partial charge in [-0.15, -0.1) is 11.3 Å². The van der Waals surface area contributed by atoms with Gasteiger partial charge in [0.05, 0.1) is 15.9 Å². The standard InChI is InChI=1S/C51H30N4O2S/c1-3-9-44-39(6-1)41-25-17-34(28-46(41)56-44)31-11-19-36(20-12-31)55(37-21-13-32(14-22-37)35-18-26-42-40-7-2-4-10-45(40)57-47(42)29-35)38-23-15-33(16-24-38)48-50-49(54-30-53-48)43-8-5-27-52-51(43)58-50/h1-30H. The summed E-state index contributed by atoms with van der Waals surface area (Å²) >= 11 is 1.63. The number of pyridine rings is 1. The second kappa shape index (κ2) is 13.0. The average Bonchev–Trinajstić information content (AvgIpc) is 3.98. The van der Waals surface area contributed by atoms with E-state index in [1.54, 1.807) is 17.7 Å². The van der Waals surface area contributed by atoms with Crippen LogP contribution in [-0.2, 0) is 0 Å². The van der Waals surface area contributed by atoms with Crippen molar-refractivity contribution in [3.63, 3.8) is 0 Å². The van der Waals surface area contributed by atoms with E-state index in [-0.39, 0.29) is 0 Å². The molecule has 5 aromatic heterocycles. The molecule has 0 aliphatic rings. The molecule has 0 unspecified atom stereocenters. The van der Waals surface area contributed by atoms with Gasteiger partial charge in [0.25, 0.3) is 0 Å². The summed E-state index contributed by atoms with van der Waals surface area (Å²) in [4.78, 5) is 17.2. The third-order valence-electron chi connectivity index (χ3n) is 11.1. The molecule has 12 rings (SSSR count). The maximum atomic E-state index is 6.23. The zero-order valence-corrected chi connectivity index (χ0v) is 31.7. The molecular weight excluding hydrogens is 733 g/mol. The molecule has 7 aromatic carbocycles. The Bertz CT molecular complexity index is 3350. The van der Waals surface area contributed by atoms with Gasteiger partial charge in [0.1, 0.15) is 33.5 Å². The molecule has 0 saturated heterocycles. The van der Waals surface area contributed by atoms with Gasteiger partial charge in [0.15, 0.2) is 0 Å². The predicted molar refractivity (Wildman–Crippen MR) is 238 cm³/mol. The van der Waals surface area contributed by atoms with Crippen molar-refractivity contribution >= 4 is 92.7 Å². The summed E-state index contributed by atoms with van der Waals surface area (Å²) in [6, 6.07) is 59.5. The normalized spacial score (nSPS) is 11.8. The van der Waals surface area contributed by atoms with E-state index in [0.717, 1.165) is 115 Å². The Morgan fingerprint density at radius 2 is 0.879 bits per heavy atom. The predicted octanol–water partition coefficient (Wildman–Crippen LogP) is 14.5. The highest BCUT2D eigenvalue weighted by Crippen LogP contribution is 2.41. The van der Waals surface area contributed by atoms with E-state index in [1.807, 2.05) is 36.5 Å². The number of nitrogens with zero attached hydrogens (tertiary/aromatic N) is 4. The first-order valence-corrected chi connectivity index (χ1v) is 20.0. The SMILES string of the molecule is c1ccc2c(c1)oc1cc(-c3ccc(N(c4ccc(-c5ccc6c(c5)oc5ccccc56)cc4)c4ccc(-c5ncnc6c5sc5ncccc56)cc4)cc3)ccc12. The first kappa shape index (κ1) is 32.6. The number of benzene rings is 7. The molecule has 0 spiro atoms. The number of rotatable bonds is 6. The number of hydrogen-bond donors (Lipinski definition) is 0. The minimum atomic E-state index is 0.886. The van der Waals surface area contributed by atoms with Crippen molar-refractivity contribution in [3.05, 3.63) is 182 Å². The molecule has 272 valence electrons. The summed E-state index contributed by atoms with van der Waals surface area (Å²) in [6.45, 7) is 0. The summed E-state index contributed by atoms with van der Waals surface area (Å²) in [7, 11) is 0. The van der Waals surface area contributed by atoms with Gasteiger partial charge in [0, 0.05) is 55.8 Å². The Balaban J connectivity index is 0.926. The molecule has 0 saturated carbocycles. The maximum Gasteiger partial charge on any atom is 0.136 e. The highest BCUT2D eigenvalue weighted by atomic mass is 32.1. The van der Waals surface area contributed by atoms with E-state index in [2.05, 4.69) is 154 Å². The maximum absolute atomic E-state index is 6.23. The Kier molecular flexibility index (Phi) is 7.30. The highest BCUT2D eigenvalue weighted by molar-refractivity contribution is 7.25. The molecule has 0 aliphatic heterocycles. The van der Waals surface area contributed by atoms with Crippen molar-refractivity contribution in [1.29, 1.82) is 0 Å². The van der Waals surface area contributed by atoms with Crippen LogP contribution in [0.25, 0.3) is 97.8 Å². The molecular formula is C51H30N4O2S. The zero-order valence-electron chi connectivity index (χ0n) is 30.8. The molecule has 0 N–H and O–H groups in total. The lowest BCUT2D eigenvalue weighted by atomic mass is 10.0. The topological polar surface area (TPSA) is 68.2 Å². The Morgan fingerprint density at radius 3 is 1.45 bits per heavy atom. The molecule has 0 aliphatic carbocycles. The molecule has 0 fully saturated rings. The minimum Gasteiger partial charge on any atom is -0.456 e. The van der Waals surface area contributed by atoms with Crippen molar-refractivity contribution in [3.8, 4) is 33.5 Å². The lowest BCUT2D eigenvalue weighted by Gasteiger charge is -2.26. The number of thiophene rings is 1. The van der Waals surface area contributed by atoms with Crippen LogP contribution in [0.3, 0.4) is 0 Å². The van der Waals surface area contributed by atoms with Gasteiger partial charge in [-0.2, -0.15) is 0 Å². The van der Waals surface area contributed by atoms with E-state index in [4.69, 9.17) is 13.8 Å². The van der Waals surface area contributed by atoms with Gasteiger partial charge >= 0.3 is 0 Å². The van der Waals surface area contributed by atoms with Gasteiger partial charge in [0.2, 0.25) is 0 Å². The van der Waals surface area contributed by atoms with Crippen LogP contribution in [0.4, 0.5) is 17.1 Å². The lowest BCUT2D eigenvalue weighted by Crippen LogP contribution is -2.09. The van der Waals surface area contributed by atoms with Crippen molar-refractivity contribution in [2.45, 2.75) is 0 Å². The van der Waals surface area contributed by atoms with Crippen LogP contribution in [0.15, 0.2) is 191 Å². The van der Waals surface area contributed by atoms with Crippen molar-refractivity contribution in [2.75, 3.05) is 4.90 Å². The summed E-state index contributed by atoms with van der Waals surface area (Å²) in [6.07, 6.45) is 3.48. The molecule has 6 nitrogen and oxygen atoms in total. The first-order chi connectivity index (χ1) is 28.7. The number of aromatic nitrogens is 3. The Morgan fingerprint density at radius 1 is 0.397 bits per heavy atom. The van der Waals surface area contributed by atoms with Crippen LogP contribution in [0, 0.1) is 0 Å². The minimum absolute atomic E-state index is 0.886. The van der Waals surface area contributed by atoms with E-state index in [9.17, 15) is 0 Å². The number of fused-ring (bicyclic) bond motifs is 9. The molecule has 0 amide bonds. The number of anilines is 3. The van der Waals surface area contributed by atoms with Gasteiger partial charge in [-0.05, 0) is 107 Å². The quantitative estimate of drug-likeness (QED) is 0.168. The smallest absolute Gasteiger partial charge is 0.136 e. The molecule has 0 radical (unpaired) electrons. The molecule has 7 heteroatoms. The van der Waals surface area contributed by atoms with Crippen LogP contribution in [0.1, 0.15) is 0 Å². The van der Waals surface area contributed by atoms with Gasteiger partial charge in [-0.3, -0.25) is 0 Å². The fourth-order valence-electron chi connectivity index (χ4n) is 8.25. The molecule has 5 heterocycles. The second-order valence-electron chi connectivity index (χ2n) is 14.5. The van der Waals surface area contributed by atoms with E-state index < -0.39 is 0 Å². The number of hydrogen-bond acceptors (Lipinski definition) is 7. The number of furan rings is 2. The van der Waals surface area contributed by atoms with E-state index in [0.29, 0.717) is 0 Å². The largest absolute Gasteiger partial charge is 0.456 e. The molecule has 0 bridgehead atoms. The second-order valence-corrected chi connectivity index (χ2v) is 15.5. The van der Waals surface area contributed by atoms with Gasteiger partial charge < -0.3 is 13.7 Å². The van der Waals surface area contributed by atoms with Crippen LogP contribution in [0.2, 0.25) is 0 Å². The highest BCUT2D eigenvalue weighted by Gasteiger charge is 2.17. The zero-order chi connectivity index (χ0) is 38.2. The van der Waals surface area contributed by atoms with Crippen LogP contribution in [-0.4, -0.2) is 15.0 Å². The fourth-order valence-corrected chi connectivity index (χ4v) is 9.36. The van der Waals surface area contributed by atoms with Crippen LogP contribution >= 0.6 is 11.3 Å². The number of para-hydroxylation sites is 2. The Labute approximate surface area is 335 Å². The van der Waals surface area contributed by atoms with Gasteiger partial charge in [-0.25, -0.2) is 15.0 Å². The average molecular weight is 763 g/mol. The molecule has 0 atom stereocenters. The van der Waals surface area contributed by atoms with Crippen molar-refractivity contribution in [2.24, 2.45) is 0 Å². The van der Waals surface area contributed by atoms with Crippen molar-refractivity contribution < 1.29 is 8.83 Å². The summed E-state index contributed by atoms with van der Waals surface area (Å²) in [5.74, 6) is 0. The first-order valence-electron chi connectivity index (χ1n) is 19.1. The van der Waals surface area contributed by atoms with Crippen LogP contribution < -0.4 is 4.90 Å². The third-order valence-corrected chi connectivity index (χ3v) is 12.2. The van der Waals surface area contributed by atoms with E-state index in [1.165, 1.54) is 0 Å². The van der Waals surface area contributed by atoms with Crippen molar-refractivity contribution in [1.82, 2.24) is 15.0 Å². The molecule has 12 aromatic rings. The van der Waals surface area contributed by atoms with E-state index >= 15 is 0 Å². The monoisotopic (exact) mass is 762 g/mol. The fraction of sp³-hybridized carbons (Fsp3) is 0. The van der Waals surface area contributed by atoms with Gasteiger partial charge in [-0.1, -0.05) is 84.9 Å². The van der Waals surface area contributed by atoms with Crippen LogP contribution in [0.5, 0.6) is 0 Å². The molecule has 58 heavy (non-hydrogen) atoms. The third kappa shape index (κ3) is 5.29. The summed E-state index contributed by atoms with van der Waals surface area (Å²) in [5, 5.41) is 5.56. The summed E-state index contributed by atoms with van der Waals surface area (Å²) < 4.78 is 13.5. The lowest BCUT2D eigenvalue weighted by molar-refractivity contribution is 0.668. The summed E-state index contributed by atoms with van der Waals surface area (Å²) in [5.41, 5.74) is 14.0.